The molecule has 0 aliphatic heterocycles. The lowest BCUT2D eigenvalue weighted by molar-refractivity contribution is 0.598. The lowest BCUT2D eigenvalue weighted by Crippen LogP contribution is -1.99. The Labute approximate surface area is 125 Å². The van der Waals surface area contributed by atoms with Crippen molar-refractivity contribution in [3.63, 3.8) is 0 Å². The summed E-state index contributed by atoms with van der Waals surface area (Å²) in [6, 6.07) is 15.7. The number of nitrogens with zero attached hydrogens (tertiary/aromatic N) is 1. The summed E-state index contributed by atoms with van der Waals surface area (Å²) in [7, 11) is -3.66. The molecular weight excluding hydrogens is 282 g/mol. The van der Waals surface area contributed by atoms with Crippen LogP contribution < -0.4 is 0 Å². The highest BCUT2D eigenvalue weighted by atomic mass is 32.2. The summed E-state index contributed by atoms with van der Waals surface area (Å²) < 4.78 is 28.0. The van der Waals surface area contributed by atoms with Gasteiger partial charge in [-0.25, -0.2) is 0 Å². The van der Waals surface area contributed by atoms with Gasteiger partial charge in [0.15, 0.2) is 0 Å². The van der Waals surface area contributed by atoms with E-state index in [1.807, 2.05) is 24.3 Å². The molecule has 2 aromatic rings. The summed E-state index contributed by atoms with van der Waals surface area (Å²) in [6.07, 6.45) is 1.96. The lowest BCUT2D eigenvalue weighted by Gasteiger charge is -2.02. The largest absolute Gasteiger partial charge is 0.282 e. The van der Waals surface area contributed by atoms with Gasteiger partial charge in [-0.1, -0.05) is 48.4 Å². The van der Waals surface area contributed by atoms with Crippen LogP contribution in [0.25, 0.3) is 0 Å². The highest BCUT2D eigenvalue weighted by Crippen LogP contribution is 2.12. The third-order valence-electron chi connectivity index (χ3n) is 2.88. The molecule has 3 nitrogen and oxygen atoms in total. The first kappa shape index (κ1) is 15.0. The molecule has 0 fully saturated rings. The molecule has 21 heavy (non-hydrogen) atoms. The molecule has 2 rings (SSSR count). The van der Waals surface area contributed by atoms with E-state index in [-0.39, 0.29) is 4.90 Å². The van der Waals surface area contributed by atoms with Crippen LogP contribution in [0.4, 0.5) is 0 Å². The van der Waals surface area contributed by atoms with E-state index in [1.54, 1.807) is 25.1 Å². The van der Waals surface area contributed by atoms with Crippen molar-refractivity contribution in [2.45, 2.75) is 18.2 Å². The molecule has 0 aliphatic rings. The van der Waals surface area contributed by atoms with Gasteiger partial charge in [-0.15, -0.1) is 5.92 Å². The quantitative estimate of drug-likeness (QED) is 0.643. The Bertz CT molecular complexity index is 797. The first-order valence-corrected chi connectivity index (χ1v) is 7.90. The maximum absolute atomic E-state index is 12.1. The highest BCUT2D eigenvalue weighted by Gasteiger charge is 2.10. The predicted octanol–water partition coefficient (Wildman–Crippen LogP) is 3.06. The summed E-state index contributed by atoms with van der Waals surface area (Å²) in [6.45, 7) is 1.77. The SMILES string of the molecule is CC#CCc1ccccc1/C=N/S(=O)(=O)c1ccccc1. The standard InChI is InChI=1S/C17H15NO2S/c1-2-3-9-15-10-7-8-11-16(15)14-18-21(19,20)17-12-5-4-6-13-17/h4-8,10-14H,9H2,1H3/b18-14+. The van der Waals surface area contributed by atoms with Crippen LogP contribution in [0.1, 0.15) is 18.1 Å². The Balaban J connectivity index is 2.31. The highest BCUT2D eigenvalue weighted by molar-refractivity contribution is 7.90. The normalized spacial score (nSPS) is 11.1. The summed E-state index contributed by atoms with van der Waals surface area (Å²) in [5.41, 5.74) is 1.72. The molecule has 0 saturated heterocycles. The van der Waals surface area contributed by atoms with Gasteiger partial charge in [-0.05, 0) is 30.2 Å². The van der Waals surface area contributed by atoms with Gasteiger partial charge in [0.25, 0.3) is 10.0 Å². The first-order chi connectivity index (χ1) is 10.1. The number of benzene rings is 2. The molecule has 4 heteroatoms. The minimum atomic E-state index is -3.66. The van der Waals surface area contributed by atoms with Gasteiger partial charge in [0.1, 0.15) is 0 Å². The van der Waals surface area contributed by atoms with Crippen LogP contribution in [0, 0.1) is 11.8 Å². The Hall–Kier alpha value is -2.38. The summed E-state index contributed by atoms with van der Waals surface area (Å²) >= 11 is 0. The minimum absolute atomic E-state index is 0.187. The van der Waals surface area contributed by atoms with Crippen LogP contribution in [-0.2, 0) is 16.4 Å². The van der Waals surface area contributed by atoms with E-state index in [4.69, 9.17) is 0 Å². The van der Waals surface area contributed by atoms with Gasteiger partial charge in [0, 0.05) is 12.6 Å². The molecule has 0 aromatic heterocycles. The second kappa shape index (κ2) is 6.87. The third kappa shape index (κ3) is 4.04. The van der Waals surface area contributed by atoms with E-state index in [9.17, 15) is 8.42 Å². The third-order valence-corrected chi connectivity index (χ3v) is 4.13. The van der Waals surface area contributed by atoms with E-state index in [2.05, 4.69) is 16.2 Å². The average molecular weight is 297 g/mol. The number of hydrogen-bond donors (Lipinski definition) is 0. The topological polar surface area (TPSA) is 46.5 Å². The zero-order valence-corrected chi connectivity index (χ0v) is 12.5. The van der Waals surface area contributed by atoms with Crippen LogP contribution in [0.15, 0.2) is 63.9 Å². The van der Waals surface area contributed by atoms with Crippen LogP contribution in [-0.4, -0.2) is 14.6 Å². The Morgan fingerprint density at radius 1 is 1.05 bits per heavy atom. The number of rotatable bonds is 4. The van der Waals surface area contributed by atoms with Gasteiger partial charge in [0.2, 0.25) is 0 Å². The molecule has 0 amide bonds. The van der Waals surface area contributed by atoms with Gasteiger partial charge in [-0.3, -0.25) is 0 Å². The fourth-order valence-corrected chi connectivity index (χ4v) is 2.66. The van der Waals surface area contributed by atoms with Crippen molar-refractivity contribution < 1.29 is 8.42 Å². The van der Waals surface area contributed by atoms with Crippen molar-refractivity contribution in [3.8, 4) is 11.8 Å². The van der Waals surface area contributed by atoms with Crippen LogP contribution >= 0.6 is 0 Å². The Morgan fingerprint density at radius 3 is 2.43 bits per heavy atom. The monoisotopic (exact) mass is 297 g/mol. The number of sulfonamides is 1. The van der Waals surface area contributed by atoms with E-state index < -0.39 is 10.0 Å². The Morgan fingerprint density at radius 2 is 1.71 bits per heavy atom. The smallest absolute Gasteiger partial charge is 0.199 e. The van der Waals surface area contributed by atoms with Gasteiger partial charge in [0.05, 0.1) is 4.90 Å². The number of hydrogen-bond acceptors (Lipinski definition) is 2. The van der Waals surface area contributed by atoms with Crippen molar-refractivity contribution in [3.05, 3.63) is 65.7 Å². The van der Waals surface area contributed by atoms with E-state index in [1.165, 1.54) is 18.3 Å². The second-order valence-electron chi connectivity index (χ2n) is 4.32. The van der Waals surface area contributed by atoms with Crippen molar-refractivity contribution >= 4 is 16.2 Å². The summed E-state index contributed by atoms with van der Waals surface area (Å²) in [4.78, 5) is 0.187. The summed E-state index contributed by atoms with van der Waals surface area (Å²) in [5.74, 6) is 5.80. The molecule has 0 heterocycles. The predicted molar refractivity (Wildman–Crippen MR) is 84.8 cm³/mol. The molecule has 0 spiro atoms. The first-order valence-electron chi connectivity index (χ1n) is 6.46. The molecular formula is C17H15NO2S. The van der Waals surface area contributed by atoms with Gasteiger partial charge in [-0.2, -0.15) is 12.8 Å². The molecule has 106 valence electrons. The average Bonchev–Trinajstić information content (AvgIpc) is 2.52. The van der Waals surface area contributed by atoms with Crippen LogP contribution in [0.3, 0.4) is 0 Å². The van der Waals surface area contributed by atoms with Gasteiger partial charge < -0.3 is 0 Å². The molecule has 0 N–H and O–H groups in total. The Kier molecular flexibility index (Phi) is 4.91. The molecule has 0 aliphatic carbocycles. The zero-order chi connectivity index (χ0) is 15.1. The molecule has 0 saturated carbocycles. The second-order valence-corrected chi connectivity index (χ2v) is 5.96. The lowest BCUT2D eigenvalue weighted by atomic mass is 10.1. The van der Waals surface area contributed by atoms with Crippen LogP contribution in [0.2, 0.25) is 0 Å². The molecule has 2 aromatic carbocycles. The van der Waals surface area contributed by atoms with Crippen molar-refractivity contribution in [1.82, 2.24) is 0 Å². The molecule has 0 radical (unpaired) electrons. The fraction of sp³-hybridized carbons (Fsp3) is 0.118. The van der Waals surface area contributed by atoms with Crippen molar-refractivity contribution in [1.29, 1.82) is 0 Å². The molecule has 0 unspecified atom stereocenters. The molecule has 0 atom stereocenters. The minimum Gasteiger partial charge on any atom is -0.199 e. The van der Waals surface area contributed by atoms with Crippen LogP contribution in [0.5, 0.6) is 0 Å². The zero-order valence-electron chi connectivity index (χ0n) is 11.7. The maximum Gasteiger partial charge on any atom is 0.282 e. The molecule has 0 bridgehead atoms. The summed E-state index contributed by atoms with van der Waals surface area (Å²) in [5, 5.41) is 0. The van der Waals surface area contributed by atoms with E-state index in [0.717, 1.165) is 11.1 Å². The fourth-order valence-electron chi connectivity index (χ4n) is 1.78. The van der Waals surface area contributed by atoms with E-state index in [0.29, 0.717) is 6.42 Å². The van der Waals surface area contributed by atoms with Crippen molar-refractivity contribution in [2.24, 2.45) is 4.40 Å². The van der Waals surface area contributed by atoms with Crippen molar-refractivity contribution in [2.75, 3.05) is 0 Å². The van der Waals surface area contributed by atoms with Gasteiger partial charge >= 0.3 is 0 Å². The maximum atomic E-state index is 12.1. The van der Waals surface area contributed by atoms with E-state index >= 15 is 0 Å².